The lowest BCUT2D eigenvalue weighted by Crippen LogP contribution is -2.40. The van der Waals surface area contributed by atoms with E-state index in [1.165, 1.54) is 6.42 Å². The fourth-order valence-corrected chi connectivity index (χ4v) is 2.02. The lowest BCUT2D eigenvalue weighted by molar-refractivity contribution is 0.0927. The van der Waals surface area contributed by atoms with Crippen LogP contribution < -0.4 is 5.32 Å². The summed E-state index contributed by atoms with van der Waals surface area (Å²) in [6, 6.07) is 0.305. The number of aromatic nitrogens is 2. The number of ketones is 1. The molecule has 1 aliphatic heterocycles. The molecule has 88 valence electrons. The van der Waals surface area contributed by atoms with Gasteiger partial charge >= 0.3 is 0 Å². The van der Waals surface area contributed by atoms with Crippen molar-refractivity contribution in [3.63, 3.8) is 0 Å². The minimum atomic E-state index is -0.00133. The molecular formula is C12H19N3O. The number of nitrogens with one attached hydrogen (secondary N) is 1. The van der Waals surface area contributed by atoms with Crippen molar-refractivity contribution in [1.82, 2.24) is 15.1 Å². The first-order valence-corrected chi connectivity index (χ1v) is 6.00. The van der Waals surface area contributed by atoms with Crippen LogP contribution in [0.15, 0.2) is 12.4 Å². The van der Waals surface area contributed by atoms with Crippen LogP contribution in [0.2, 0.25) is 0 Å². The van der Waals surface area contributed by atoms with Gasteiger partial charge in [-0.15, -0.1) is 0 Å². The number of Topliss-reactive ketones (excluding diaryl/α,β-unsaturated/α-hetero) is 1. The molecule has 1 saturated heterocycles. The van der Waals surface area contributed by atoms with Gasteiger partial charge in [-0.2, -0.15) is 5.10 Å². The smallest absolute Gasteiger partial charge is 0.182 e. The Morgan fingerprint density at radius 2 is 2.38 bits per heavy atom. The zero-order valence-corrected chi connectivity index (χ0v) is 9.94. The van der Waals surface area contributed by atoms with Crippen molar-refractivity contribution >= 4 is 5.78 Å². The van der Waals surface area contributed by atoms with E-state index >= 15 is 0 Å². The van der Waals surface area contributed by atoms with E-state index in [1.54, 1.807) is 6.20 Å². The third-order valence-electron chi connectivity index (χ3n) is 3.04. The molecular weight excluding hydrogens is 202 g/mol. The zero-order chi connectivity index (χ0) is 11.5. The van der Waals surface area contributed by atoms with Crippen LogP contribution in [0.1, 0.15) is 49.5 Å². The molecule has 0 radical (unpaired) electrons. The molecule has 2 heterocycles. The molecule has 1 N–H and O–H groups in total. The Bertz CT molecular complexity index is 364. The topological polar surface area (TPSA) is 46.9 Å². The molecule has 4 nitrogen and oxygen atoms in total. The number of rotatable bonds is 3. The molecule has 1 aromatic rings. The Morgan fingerprint density at radius 3 is 2.94 bits per heavy atom. The number of hydrogen-bond donors (Lipinski definition) is 1. The van der Waals surface area contributed by atoms with Gasteiger partial charge in [-0.3, -0.25) is 9.48 Å². The Balaban J connectivity index is 2.07. The van der Waals surface area contributed by atoms with Crippen molar-refractivity contribution in [2.45, 2.75) is 45.2 Å². The lowest BCUT2D eigenvalue weighted by Gasteiger charge is -2.21. The molecule has 16 heavy (non-hydrogen) atoms. The molecule has 4 heteroatoms. The van der Waals surface area contributed by atoms with Gasteiger partial charge < -0.3 is 5.32 Å². The normalized spacial score (nSPS) is 21.3. The van der Waals surface area contributed by atoms with Crippen LogP contribution >= 0.6 is 0 Å². The Morgan fingerprint density at radius 1 is 1.56 bits per heavy atom. The van der Waals surface area contributed by atoms with Crippen molar-refractivity contribution in [3.8, 4) is 0 Å². The van der Waals surface area contributed by atoms with Crippen molar-refractivity contribution in [3.05, 3.63) is 18.0 Å². The van der Waals surface area contributed by atoms with Gasteiger partial charge in [-0.1, -0.05) is 6.42 Å². The van der Waals surface area contributed by atoms with Gasteiger partial charge in [0.15, 0.2) is 5.78 Å². The Labute approximate surface area is 96.0 Å². The van der Waals surface area contributed by atoms with E-state index in [1.807, 2.05) is 10.9 Å². The molecule has 1 fully saturated rings. The third-order valence-corrected chi connectivity index (χ3v) is 3.04. The molecule has 1 unspecified atom stereocenters. The molecule has 1 aliphatic rings. The summed E-state index contributed by atoms with van der Waals surface area (Å²) in [6.45, 7) is 5.06. The van der Waals surface area contributed by atoms with Gasteiger partial charge in [0.25, 0.3) is 0 Å². The average Bonchev–Trinajstić information content (AvgIpc) is 2.78. The van der Waals surface area contributed by atoms with Gasteiger partial charge in [-0.05, 0) is 33.2 Å². The molecule has 1 aromatic heterocycles. The number of piperidine rings is 1. The Hall–Kier alpha value is -1.16. The van der Waals surface area contributed by atoms with Crippen LogP contribution in [-0.4, -0.2) is 28.2 Å². The first-order valence-electron chi connectivity index (χ1n) is 6.00. The maximum Gasteiger partial charge on any atom is 0.182 e. The molecule has 0 spiro atoms. The van der Waals surface area contributed by atoms with Crippen molar-refractivity contribution in [1.29, 1.82) is 0 Å². The number of hydrogen-bond acceptors (Lipinski definition) is 3. The van der Waals surface area contributed by atoms with Crippen LogP contribution in [0.25, 0.3) is 0 Å². The average molecular weight is 221 g/mol. The van der Waals surface area contributed by atoms with Crippen LogP contribution in [0.4, 0.5) is 0 Å². The van der Waals surface area contributed by atoms with Crippen molar-refractivity contribution in [2.24, 2.45) is 0 Å². The summed E-state index contributed by atoms with van der Waals surface area (Å²) in [5.41, 5.74) is 0.730. The molecule has 2 rings (SSSR count). The highest BCUT2D eigenvalue weighted by molar-refractivity contribution is 5.99. The number of carbonyl (C=O) groups excluding carboxylic acids is 1. The highest BCUT2D eigenvalue weighted by Crippen LogP contribution is 2.13. The van der Waals surface area contributed by atoms with E-state index in [0.29, 0.717) is 6.04 Å². The number of nitrogens with zero attached hydrogens (tertiary/aromatic N) is 2. The first kappa shape index (κ1) is 11.3. The van der Waals surface area contributed by atoms with Crippen LogP contribution in [-0.2, 0) is 0 Å². The lowest BCUT2D eigenvalue weighted by atomic mass is 9.98. The second kappa shape index (κ2) is 4.78. The zero-order valence-electron chi connectivity index (χ0n) is 9.94. The van der Waals surface area contributed by atoms with E-state index in [4.69, 9.17) is 0 Å². The van der Waals surface area contributed by atoms with E-state index in [-0.39, 0.29) is 11.8 Å². The van der Waals surface area contributed by atoms with E-state index < -0.39 is 0 Å². The summed E-state index contributed by atoms with van der Waals surface area (Å²) in [5.74, 6) is 0.187. The van der Waals surface area contributed by atoms with E-state index in [2.05, 4.69) is 24.3 Å². The minimum absolute atomic E-state index is 0.00133. The predicted octanol–water partition coefficient (Wildman–Crippen LogP) is 1.79. The summed E-state index contributed by atoms with van der Waals surface area (Å²) < 4.78 is 1.83. The van der Waals surface area contributed by atoms with Crippen molar-refractivity contribution < 1.29 is 4.79 Å². The van der Waals surface area contributed by atoms with Gasteiger partial charge in [0, 0.05) is 12.2 Å². The summed E-state index contributed by atoms with van der Waals surface area (Å²) >= 11 is 0. The molecule has 0 amide bonds. The summed E-state index contributed by atoms with van der Waals surface area (Å²) in [7, 11) is 0. The summed E-state index contributed by atoms with van der Waals surface area (Å²) in [5, 5.41) is 7.47. The standard InChI is InChI=1S/C12H19N3O/c1-9(2)15-8-10(7-14-15)12(16)11-5-3-4-6-13-11/h7-9,11,13H,3-6H2,1-2H3. The van der Waals surface area contributed by atoms with Gasteiger partial charge in [0.1, 0.15) is 0 Å². The third kappa shape index (κ3) is 2.32. The molecule has 0 aliphatic carbocycles. The van der Waals surface area contributed by atoms with Crippen molar-refractivity contribution in [2.75, 3.05) is 6.54 Å². The minimum Gasteiger partial charge on any atom is -0.307 e. The largest absolute Gasteiger partial charge is 0.307 e. The maximum atomic E-state index is 12.1. The van der Waals surface area contributed by atoms with Crippen LogP contribution in [0, 0.1) is 0 Å². The molecule has 0 saturated carbocycles. The highest BCUT2D eigenvalue weighted by atomic mass is 16.1. The van der Waals surface area contributed by atoms with Crippen LogP contribution in [0.3, 0.4) is 0 Å². The molecule has 1 atom stereocenters. The molecule has 0 bridgehead atoms. The van der Waals surface area contributed by atoms with Gasteiger partial charge in [-0.25, -0.2) is 0 Å². The fraction of sp³-hybridized carbons (Fsp3) is 0.667. The fourth-order valence-electron chi connectivity index (χ4n) is 2.02. The van der Waals surface area contributed by atoms with Gasteiger partial charge in [0.05, 0.1) is 17.8 Å². The monoisotopic (exact) mass is 221 g/mol. The van der Waals surface area contributed by atoms with Crippen LogP contribution in [0.5, 0.6) is 0 Å². The quantitative estimate of drug-likeness (QED) is 0.791. The summed E-state index contributed by atoms with van der Waals surface area (Å²) in [4.78, 5) is 12.1. The predicted molar refractivity (Wildman–Crippen MR) is 62.6 cm³/mol. The molecule has 0 aromatic carbocycles. The second-order valence-corrected chi connectivity index (χ2v) is 4.67. The highest BCUT2D eigenvalue weighted by Gasteiger charge is 2.22. The Kier molecular flexibility index (Phi) is 3.39. The van der Waals surface area contributed by atoms with E-state index in [9.17, 15) is 4.79 Å². The van der Waals surface area contributed by atoms with Gasteiger partial charge in [0.2, 0.25) is 0 Å². The van der Waals surface area contributed by atoms with E-state index in [0.717, 1.165) is 24.9 Å². The maximum absolute atomic E-state index is 12.1. The first-order chi connectivity index (χ1) is 7.68. The number of carbonyl (C=O) groups is 1. The second-order valence-electron chi connectivity index (χ2n) is 4.67. The SMILES string of the molecule is CC(C)n1cc(C(=O)C2CCCCN2)cn1. The summed E-state index contributed by atoms with van der Waals surface area (Å²) in [6.07, 6.45) is 6.80.